The van der Waals surface area contributed by atoms with Crippen LogP contribution in [0.5, 0.6) is 0 Å². The van der Waals surface area contributed by atoms with Gasteiger partial charge >= 0.3 is 0 Å². The fourth-order valence-electron chi connectivity index (χ4n) is 1.49. The second-order valence-corrected chi connectivity index (χ2v) is 4.20. The summed E-state index contributed by atoms with van der Waals surface area (Å²) in [6.07, 6.45) is 0. The molecular weight excluding hydrogens is 230 g/mol. The molecule has 0 spiro atoms. The largest absolute Gasteiger partial charge is 0.352 e. The average molecular weight is 245 g/mol. The van der Waals surface area contributed by atoms with Gasteiger partial charge in [-0.2, -0.15) is 0 Å². The highest BCUT2D eigenvalue weighted by Gasteiger charge is 2.05. The van der Waals surface area contributed by atoms with Gasteiger partial charge in [0.15, 0.2) is 0 Å². The lowest BCUT2D eigenvalue weighted by Crippen LogP contribution is -2.35. The van der Waals surface area contributed by atoms with Crippen LogP contribution in [0.3, 0.4) is 0 Å². The van der Waals surface area contributed by atoms with Gasteiger partial charge in [0.2, 0.25) is 11.9 Å². The molecule has 1 heterocycles. The number of aromatic nitrogens is 3. The maximum absolute atomic E-state index is 11.4. The second kappa shape index (κ2) is 5.39. The van der Waals surface area contributed by atoms with Crippen molar-refractivity contribution < 1.29 is 4.79 Å². The lowest BCUT2D eigenvalue weighted by atomic mass is 10.3. The van der Waals surface area contributed by atoms with Gasteiger partial charge in [-0.1, -0.05) is 12.1 Å². The van der Waals surface area contributed by atoms with E-state index >= 15 is 0 Å². The Bertz CT molecular complexity index is 555. The number of carbonyl (C=O) groups is 1. The van der Waals surface area contributed by atoms with Crippen LogP contribution in [-0.4, -0.2) is 33.7 Å². The van der Waals surface area contributed by atoms with Gasteiger partial charge in [-0.15, -0.1) is 10.2 Å². The van der Waals surface area contributed by atoms with Crippen LogP contribution in [0.2, 0.25) is 0 Å². The fraction of sp³-hybridized carbons (Fsp3) is 0.333. The van der Waals surface area contributed by atoms with Crippen molar-refractivity contribution >= 4 is 22.9 Å². The van der Waals surface area contributed by atoms with E-state index in [2.05, 4.69) is 25.8 Å². The number of para-hydroxylation sites is 1. The molecule has 0 aliphatic carbocycles. The van der Waals surface area contributed by atoms with Crippen LogP contribution >= 0.6 is 0 Å². The molecule has 1 aromatic heterocycles. The Morgan fingerprint density at radius 2 is 1.94 bits per heavy atom. The van der Waals surface area contributed by atoms with Crippen LogP contribution in [-0.2, 0) is 4.79 Å². The minimum absolute atomic E-state index is 0.0956. The maximum atomic E-state index is 11.4. The first-order valence-corrected chi connectivity index (χ1v) is 5.78. The van der Waals surface area contributed by atoms with Crippen LogP contribution in [0.25, 0.3) is 11.0 Å². The fourth-order valence-corrected chi connectivity index (χ4v) is 1.49. The molecule has 0 unspecified atom stereocenters. The molecule has 2 N–H and O–H groups in total. The highest BCUT2D eigenvalue weighted by Crippen LogP contribution is 2.08. The Kier molecular flexibility index (Phi) is 3.66. The van der Waals surface area contributed by atoms with Gasteiger partial charge in [-0.05, 0) is 26.0 Å². The Hall–Kier alpha value is -2.24. The van der Waals surface area contributed by atoms with E-state index in [1.54, 1.807) is 0 Å². The first-order chi connectivity index (χ1) is 8.65. The highest BCUT2D eigenvalue weighted by molar-refractivity contribution is 5.80. The third-order valence-electron chi connectivity index (χ3n) is 2.22. The topological polar surface area (TPSA) is 79.8 Å². The average Bonchev–Trinajstić information content (AvgIpc) is 2.35. The monoisotopic (exact) mass is 245 g/mol. The molecule has 0 aliphatic heterocycles. The van der Waals surface area contributed by atoms with Crippen molar-refractivity contribution in [2.45, 2.75) is 19.9 Å². The molecule has 6 heteroatoms. The number of hydrogen-bond acceptors (Lipinski definition) is 5. The molecular formula is C12H15N5O. The summed E-state index contributed by atoms with van der Waals surface area (Å²) >= 11 is 0. The zero-order valence-electron chi connectivity index (χ0n) is 10.3. The molecule has 0 saturated heterocycles. The zero-order valence-corrected chi connectivity index (χ0v) is 10.3. The van der Waals surface area contributed by atoms with Gasteiger partial charge in [-0.25, -0.2) is 4.98 Å². The van der Waals surface area contributed by atoms with Crippen molar-refractivity contribution in [3.63, 3.8) is 0 Å². The van der Waals surface area contributed by atoms with Crippen molar-refractivity contribution in [2.75, 3.05) is 11.9 Å². The molecule has 94 valence electrons. The Morgan fingerprint density at radius 3 is 2.67 bits per heavy atom. The third-order valence-corrected chi connectivity index (χ3v) is 2.22. The van der Waals surface area contributed by atoms with E-state index in [1.807, 2.05) is 38.1 Å². The SMILES string of the molecule is CC(C)NC(=O)CNc1nnc2ccccc2n1. The van der Waals surface area contributed by atoms with Gasteiger partial charge in [0.1, 0.15) is 5.52 Å². The minimum atomic E-state index is -0.0956. The molecule has 0 radical (unpaired) electrons. The molecule has 0 atom stereocenters. The summed E-state index contributed by atoms with van der Waals surface area (Å²) in [6, 6.07) is 7.57. The second-order valence-electron chi connectivity index (χ2n) is 4.20. The lowest BCUT2D eigenvalue weighted by Gasteiger charge is -2.08. The first-order valence-electron chi connectivity index (χ1n) is 5.78. The molecule has 2 aromatic rings. The minimum Gasteiger partial charge on any atom is -0.352 e. The first kappa shape index (κ1) is 12.2. The van der Waals surface area contributed by atoms with Crippen molar-refractivity contribution in [2.24, 2.45) is 0 Å². The summed E-state index contributed by atoms with van der Waals surface area (Å²) in [5.41, 5.74) is 1.48. The third kappa shape index (κ3) is 3.13. The van der Waals surface area contributed by atoms with E-state index in [9.17, 15) is 4.79 Å². The molecule has 1 aromatic carbocycles. The van der Waals surface area contributed by atoms with Gasteiger partial charge in [0.05, 0.1) is 12.1 Å². The molecule has 0 fully saturated rings. The number of benzene rings is 1. The normalized spacial score (nSPS) is 10.6. The molecule has 2 rings (SSSR count). The summed E-state index contributed by atoms with van der Waals surface area (Å²) in [6.45, 7) is 3.95. The van der Waals surface area contributed by atoms with Crippen LogP contribution in [0, 0.1) is 0 Å². The van der Waals surface area contributed by atoms with E-state index in [4.69, 9.17) is 0 Å². The van der Waals surface area contributed by atoms with E-state index in [1.165, 1.54) is 0 Å². The van der Waals surface area contributed by atoms with Crippen LogP contribution in [0.1, 0.15) is 13.8 Å². The van der Waals surface area contributed by atoms with E-state index in [-0.39, 0.29) is 18.5 Å². The van der Waals surface area contributed by atoms with E-state index in [0.29, 0.717) is 5.95 Å². The predicted octanol–water partition coefficient (Wildman–Crippen LogP) is 0.961. The smallest absolute Gasteiger partial charge is 0.243 e. The quantitative estimate of drug-likeness (QED) is 0.838. The molecule has 0 bridgehead atoms. The summed E-state index contributed by atoms with van der Waals surface area (Å²) in [4.78, 5) is 15.7. The highest BCUT2D eigenvalue weighted by atomic mass is 16.1. The lowest BCUT2D eigenvalue weighted by molar-refractivity contribution is -0.119. The molecule has 6 nitrogen and oxygen atoms in total. The number of rotatable bonds is 4. The molecule has 18 heavy (non-hydrogen) atoms. The summed E-state index contributed by atoms with van der Waals surface area (Å²) in [5, 5.41) is 13.5. The number of amides is 1. The van der Waals surface area contributed by atoms with Crippen LogP contribution in [0.15, 0.2) is 24.3 Å². The molecule has 1 amide bonds. The summed E-state index contributed by atoms with van der Waals surface area (Å²) in [7, 11) is 0. The van der Waals surface area contributed by atoms with Crippen molar-refractivity contribution in [3.05, 3.63) is 24.3 Å². The molecule has 0 saturated carbocycles. The van der Waals surface area contributed by atoms with Gasteiger partial charge in [-0.3, -0.25) is 4.79 Å². The standard InChI is InChI=1S/C12H15N5O/c1-8(2)14-11(18)7-13-12-15-9-5-3-4-6-10(9)16-17-12/h3-6,8H,7H2,1-2H3,(H,14,18)(H,13,15,17). The summed E-state index contributed by atoms with van der Waals surface area (Å²) < 4.78 is 0. The van der Waals surface area contributed by atoms with Gasteiger partial charge in [0, 0.05) is 6.04 Å². The Balaban J connectivity index is 2.01. The number of nitrogens with one attached hydrogen (secondary N) is 2. The number of carbonyl (C=O) groups excluding carboxylic acids is 1. The van der Waals surface area contributed by atoms with Crippen LogP contribution in [0.4, 0.5) is 5.95 Å². The number of nitrogens with zero attached hydrogens (tertiary/aromatic N) is 3. The maximum Gasteiger partial charge on any atom is 0.243 e. The molecule has 0 aliphatic rings. The number of anilines is 1. The van der Waals surface area contributed by atoms with E-state index in [0.717, 1.165) is 11.0 Å². The predicted molar refractivity (Wildman–Crippen MR) is 69.1 cm³/mol. The number of fused-ring (bicyclic) bond motifs is 1. The van der Waals surface area contributed by atoms with E-state index < -0.39 is 0 Å². The summed E-state index contributed by atoms with van der Waals surface area (Å²) in [5.74, 6) is 0.259. The van der Waals surface area contributed by atoms with Crippen molar-refractivity contribution in [1.29, 1.82) is 0 Å². The Morgan fingerprint density at radius 1 is 1.22 bits per heavy atom. The zero-order chi connectivity index (χ0) is 13.0. The van der Waals surface area contributed by atoms with Crippen LogP contribution < -0.4 is 10.6 Å². The Labute approximate surface area is 105 Å². The van der Waals surface area contributed by atoms with Gasteiger partial charge in [0.25, 0.3) is 0 Å². The number of hydrogen-bond donors (Lipinski definition) is 2. The van der Waals surface area contributed by atoms with Gasteiger partial charge < -0.3 is 10.6 Å². The van der Waals surface area contributed by atoms with Crippen molar-refractivity contribution in [3.8, 4) is 0 Å². The van der Waals surface area contributed by atoms with Crippen molar-refractivity contribution in [1.82, 2.24) is 20.5 Å².